The molecular formula is C10H19F3N2O. The molecule has 6 heteroatoms. The minimum atomic E-state index is -4.13. The second-order valence-corrected chi connectivity index (χ2v) is 4.82. The van der Waals surface area contributed by atoms with Crippen LogP contribution in [0.25, 0.3) is 0 Å². The Morgan fingerprint density at radius 1 is 1.44 bits per heavy atom. The number of nitrogens with two attached hydrogens (primary N) is 1. The molecule has 0 spiro atoms. The van der Waals surface area contributed by atoms with E-state index in [9.17, 15) is 18.3 Å². The van der Waals surface area contributed by atoms with Crippen LogP contribution in [0.5, 0.6) is 0 Å². The molecule has 3 N–H and O–H groups in total. The Hall–Kier alpha value is -0.330. The van der Waals surface area contributed by atoms with Gasteiger partial charge in [0.15, 0.2) is 0 Å². The van der Waals surface area contributed by atoms with Gasteiger partial charge in [0.05, 0.1) is 11.5 Å². The molecule has 0 aromatic heterocycles. The highest BCUT2D eigenvalue weighted by atomic mass is 19.4. The minimum Gasteiger partial charge on any atom is -0.388 e. The number of alkyl halides is 3. The van der Waals surface area contributed by atoms with Crippen LogP contribution in [0.15, 0.2) is 0 Å². The minimum absolute atomic E-state index is 0.0281. The lowest BCUT2D eigenvalue weighted by Gasteiger charge is -2.37. The summed E-state index contributed by atoms with van der Waals surface area (Å²) < 4.78 is 37.5. The zero-order valence-electron chi connectivity index (χ0n) is 9.43. The van der Waals surface area contributed by atoms with Crippen LogP contribution in [0.1, 0.15) is 19.8 Å². The summed E-state index contributed by atoms with van der Waals surface area (Å²) in [6, 6.07) is 0. The van der Waals surface area contributed by atoms with Crippen molar-refractivity contribution >= 4 is 0 Å². The fourth-order valence-corrected chi connectivity index (χ4v) is 2.01. The molecule has 2 atom stereocenters. The Bertz CT molecular complexity index is 231. The predicted octanol–water partition coefficient (Wildman–Crippen LogP) is 0.970. The van der Waals surface area contributed by atoms with Crippen molar-refractivity contribution in [1.82, 2.24) is 4.90 Å². The van der Waals surface area contributed by atoms with Crippen molar-refractivity contribution in [2.45, 2.75) is 31.5 Å². The summed E-state index contributed by atoms with van der Waals surface area (Å²) in [7, 11) is 0. The highest BCUT2D eigenvalue weighted by Gasteiger charge is 2.42. The van der Waals surface area contributed by atoms with Crippen molar-refractivity contribution in [2.24, 2.45) is 11.7 Å². The second-order valence-electron chi connectivity index (χ2n) is 4.82. The Morgan fingerprint density at radius 2 is 2.06 bits per heavy atom. The number of halogens is 3. The van der Waals surface area contributed by atoms with Crippen LogP contribution in [0, 0.1) is 5.92 Å². The molecule has 0 radical (unpaired) electrons. The van der Waals surface area contributed by atoms with Gasteiger partial charge in [-0.25, -0.2) is 0 Å². The standard InChI is InChI=1S/C10H19F3N2O/c1-9(16,6-14)7-15-4-2-3-8(5-15)10(11,12)13/h8,16H,2-7,14H2,1H3. The molecule has 0 aliphatic carbocycles. The van der Waals surface area contributed by atoms with Gasteiger partial charge in [-0.3, -0.25) is 4.90 Å². The van der Waals surface area contributed by atoms with E-state index in [2.05, 4.69) is 0 Å². The Labute approximate surface area is 93.4 Å². The van der Waals surface area contributed by atoms with Gasteiger partial charge in [-0.1, -0.05) is 0 Å². The maximum atomic E-state index is 12.5. The van der Waals surface area contributed by atoms with Crippen LogP contribution >= 0.6 is 0 Å². The predicted molar refractivity (Wildman–Crippen MR) is 54.9 cm³/mol. The van der Waals surface area contributed by atoms with E-state index in [0.717, 1.165) is 0 Å². The van der Waals surface area contributed by atoms with Crippen LogP contribution in [0.3, 0.4) is 0 Å². The molecule has 1 rings (SSSR count). The lowest BCUT2D eigenvalue weighted by Crippen LogP contribution is -2.50. The van der Waals surface area contributed by atoms with Crippen LogP contribution < -0.4 is 5.73 Å². The summed E-state index contributed by atoms with van der Waals surface area (Å²) >= 11 is 0. The van der Waals surface area contributed by atoms with E-state index in [-0.39, 0.29) is 26.1 Å². The number of nitrogens with zero attached hydrogens (tertiary/aromatic N) is 1. The molecule has 0 amide bonds. The number of likely N-dealkylation sites (tertiary alicyclic amines) is 1. The van der Waals surface area contributed by atoms with Gasteiger partial charge in [-0.2, -0.15) is 13.2 Å². The summed E-state index contributed by atoms with van der Waals surface area (Å²) in [5.41, 5.74) is 4.24. The van der Waals surface area contributed by atoms with Crippen LogP contribution in [-0.2, 0) is 0 Å². The zero-order valence-corrected chi connectivity index (χ0v) is 9.43. The normalized spacial score (nSPS) is 27.8. The summed E-state index contributed by atoms with van der Waals surface area (Å²) in [6.45, 7) is 2.38. The Balaban J connectivity index is 2.51. The zero-order chi connectivity index (χ0) is 12.4. The molecule has 0 saturated carbocycles. The molecule has 1 aliphatic heterocycles. The van der Waals surface area contributed by atoms with E-state index in [1.165, 1.54) is 0 Å². The average Bonchev–Trinajstić information content (AvgIpc) is 2.16. The SMILES string of the molecule is CC(O)(CN)CN1CCCC(C(F)(F)F)C1. The van der Waals surface area contributed by atoms with Gasteiger partial charge in [0, 0.05) is 19.6 Å². The van der Waals surface area contributed by atoms with Gasteiger partial charge in [0.2, 0.25) is 0 Å². The maximum Gasteiger partial charge on any atom is 0.393 e. The second kappa shape index (κ2) is 4.89. The first-order valence-electron chi connectivity index (χ1n) is 5.46. The number of hydrogen-bond donors (Lipinski definition) is 2. The van der Waals surface area contributed by atoms with E-state index in [4.69, 9.17) is 5.73 Å². The van der Waals surface area contributed by atoms with Crippen molar-refractivity contribution < 1.29 is 18.3 Å². The number of aliphatic hydroxyl groups is 1. The van der Waals surface area contributed by atoms with Gasteiger partial charge in [0.1, 0.15) is 0 Å². The first-order chi connectivity index (χ1) is 7.24. The topological polar surface area (TPSA) is 49.5 Å². The van der Waals surface area contributed by atoms with Gasteiger partial charge >= 0.3 is 6.18 Å². The number of β-amino-alcohol motifs (C(OH)–C–C–N with tert-alkyl or cyclic N) is 1. The third kappa shape index (κ3) is 3.92. The van der Waals surface area contributed by atoms with Gasteiger partial charge < -0.3 is 10.8 Å². The Morgan fingerprint density at radius 3 is 2.56 bits per heavy atom. The molecule has 1 heterocycles. The number of piperidine rings is 1. The summed E-state index contributed by atoms with van der Waals surface area (Å²) in [5.74, 6) is -1.27. The van der Waals surface area contributed by atoms with Crippen molar-refractivity contribution in [3.8, 4) is 0 Å². The third-order valence-electron chi connectivity index (χ3n) is 2.97. The molecule has 1 saturated heterocycles. The van der Waals surface area contributed by atoms with Gasteiger partial charge in [-0.05, 0) is 26.3 Å². The molecule has 1 fully saturated rings. The van der Waals surface area contributed by atoms with Crippen LogP contribution in [0.2, 0.25) is 0 Å². The van der Waals surface area contributed by atoms with E-state index in [1.807, 2.05) is 0 Å². The van der Waals surface area contributed by atoms with E-state index < -0.39 is 17.7 Å². The largest absolute Gasteiger partial charge is 0.393 e. The molecule has 1 aliphatic rings. The molecule has 0 aromatic carbocycles. The fraction of sp³-hybridized carbons (Fsp3) is 1.00. The maximum absolute atomic E-state index is 12.5. The third-order valence-corrected chi connectivity index (χ3v) is 2.97. The monoisotopic (exact) mass is 240 g/mol. The highest BCUT2D eigenvalue weighted by Crippen LogP contribution is 2.33. The smallest absolute Gasteiger partial charge is 0.388 e. The summed E-state index contributed by atoms with van der Waals surface area (Å²) in [6.07, 6.45) is -3.43. The summed E-state index contributed by atoms with van der Waals surface area (Å²) in [4.78, 5) is 1.65. The van der Waals surface area contributed by atoms with Gasteiger partial charge in [-0.15, -0.1) is 0 Å². The average molecular weight is 240 g/mol. The van der Waals surface area contributed by atoms with Crippen molar-refractivity contribution in [1.29, 1.82) is 0 Å². The molecule has 2 unspecified atom stereocenters. The van der Waals surface area contributed by atoms with Crippen LogP contribution in [0.4, 0.5) is 13.2 Å². The molecule has 3 nitrogen and oxygen atoms in total. The van der Waals surface area contributed by atoms with E-state index in [1.54, 1.807) is 11.8 Å². The molecule has 16 heavy (non-hydrogen) atoms. The summed E-state index contributed by atoms with van der Waals surface area (Å²) in [5, 5.41) is 9.72. The van der Waals surface area contributed by atoms with Crippen LogP contribution in [-0.4, -0.2) is 48.0 Å². The van der Waals surface area contributed by atoms with Crippen molar-refractivity contribution in [2.75, 3.05) is 26.2 Å². The molecule has 0 aromatic rings. The van der Waals surface area contributed by atoms with Gasteiger partial charge in [0.25, 0.3) is 0 Å². The highest BCUT2D eigenvalue weighted by molar-refractivity contribution is 4.84. The lowest BCUT2D eigenvalue weighted by molar-refractivity contribution is -0.188. The number of rotatable bonds is 3. The van der Waals surface area contributed by atoms with E-state index in [0.29, 0.717) is 13.0 Å². The first-order valence-corrected chi connectivity index (χ1v) is 5.46. The Kier molecular flexibility index (Phi) is 4.20. The number of hydrogen-bond acceptors (Lipinski definition) is 3. The molecular weight excluding hydrogens is 221 g/mol. The van der Waals surface area contributed by atoms with Crippen molar-refractivity contribution in [3.63, 3.8) is 0 Å². The first kappa shape index (κ1) is 13.7. The van der Waals surface area contributed by atoms with Crippen molar-refractivity contribution in [3.05, 3.63) is 0 Å². The lowest BCUT2D eigenvalue weighted by atomic mass is 9.96. The molecule has 0 bridgehead atoms. The quantitative estimate of drug-likeness (QED) is 0.773. The molecule has 96 valence electrons. The fourth-order valence-electron chi connectivity index (χ4n) is 2.01. The van der Waals surface area contributed by atoms with E-state index >= 15 is 0 Å².